The summed E-state index contributed by atoms with van der Waals surface area (Å²) in [5.74, 6) is -0.400. The van der Waals surface area contributed by atoms with E-state index in [1.165, 1.54) is 16.7 Å². The number of carbonyl (C=O) groups is 1. The number of nitrogens with two attached hydrogens (primary N) is 1. The second-order valence-electron chi connectivity index (χ2n) is 5.59. The van der Waals surface area contributed by atoms with Crippen molar-refractivity contribution in [2.75, 3.05) is 19.3 Å². The maximum atomic E-state index is 9.00. The van der Waals surface area contributed by atoms with Gasteiger partial charge in [0.05, 0.1) is 0 Å². The van der Waals surface area contributed by atoms with E-state index in [2.05, 4.69) is 54.4 Å². The number of rotatable bonds is 1. The smallest absolute Gasteiger partial charge is 0.300 e. The fourth-order valence-electron chi connectivity index (χ4n) is 2.85. The van der Waals surface area contributed by atoms with E-state index < -0.39 is 5.97 Å². The molecule has 1 atom stereocenters. The molecule has 1 heterocycles. The molecule has 1 aliphatic rings. The van der Waals surface area contributed by atoms with Crippen LogP contribution in [0, 0.1) is 0 Å². The Kier molecular flexibility index (Phi) is 5.17. The molecule has 116 valence electrons. The van der Waals surface area contributed by atoms with Crippen LogP contribution in [0.4, 0.5) is 5.69 Å². The van der Waals surface area contributed by atoms with Gasteiger partial charge >= 0.3 is 0 Å². The summed E-state index contributed by atoms with van der Waals surface area (Å²) in [6.45, 7) is 3.09. The van der Waals surface area contributed by atoms with Crippen LogP contribution in [0.1, 0.15) is 29.5 Å². The lowest BCUT2D eigenvalue weighted by Crippen LogP contribution is -2.31. The van der Waals surface area contributed by atoms with Crippen molar-refractivity contribution in [3.05, 3.63) is 65.2 Å². The maximum Gasteiger partial charge on any atom is 0.300 e. The molecule has 0 amide bonds. The number of anilines is 1. The quantitative estimate of drug-likeness (QED) is 0.794. The predicted octanol–water partition coefficient (Wildman–Crippen LogP) is 2.94. The summed E-state index contributed by atoms with van der Waals surface area (Å²) in [5, 5.41) is 7.42. The van der Waals surface area contributed by atoms with Gasteiger partial charge in [-0.3, -0.25) is 4.79 Å². The lowest BCUT2D eigenvalue weighted by Gasteiger charge is -2.33. The molecule has 4 nitrogen and oxygen atoms in total. The first-order valence-corrected chi connectivity index (χ1v) is 7.29. The van der Waals surface area contributed by atoms with E-state index in [9.17, 15) is 0 Å². The number of nitrogen functional groups attached to an aromatic ring is 1. The lowest BCUT2D eigenvalue weighted by molar-refractivity contribution is -0.134. The minimum absolute atomic E-state index is 0.434. The zero-order valence-corrected chi connectivity index (χ0v) is 13.0. The Morgan fingerprint density at radius 1 is 1.18 bits per heavy atom. The van der Waals surface area contributed by atoms with Gasteiger partial charge in [-0.2, -0.15) is 0 Å². The van der Waals surface area contributed by atoms with Gasteiger partial charge < -0.3 is 15.7 Å². The molecule has 0 aliphatic carbocycles. The zero-order valence-electron chi connectivity index (χ0n) is 13.0. The SMILES string of the molecule is CC(=O)O.CN1Cc2c(N)cccc2C(c2ccccc2)C1. The van der Waals surface area contributed by atoms with E-state index >= 15 is 0 Å². The second-order valence-corrected chi connectivity index (χ2v) is 5.59. The normalized spacial score (nSPS) is 17.1. The highest BCUT2D eigenvalue weighted by molar-refractivity contribution is 5.63. The van der Waals surface area contributed by atoms with Crippen molar-refractivity contribution in [2.45, 2.75) is 19.4 Å². The monoisotopic (exact) mass is 298 g/mol. The molecule has 22 heavy (non-hydrogen) atoms. The topological polar surface area (TPSA) is 66.6 Å². The van der Waals surface area contributed by atoms with Crippen LogP contribution in [-0.4, -0.2) is 29.6 Å². The van der Waals surface area contributed by atoms with Crippen molar-refractivity contribution in [1.29, 1.82) is 0 Å². The first-order valence-electron chi connectivity index (χ1n) is 7.29. The first kappa shape index (κ1) is 16.0. The Labute approximate surface area is 131 Å². The molecular weight excluding hydrogens is 276 g/mol. The standard InChI is InChI=1S/C16H18N2.C2H4O2/c1-18-10-14(12-6-3-2-4-7-12)13-8-5-9-16(17)15(13)11-18;1-2(3)4/h2-9,14H,10-11,17H2,1H3;1H3,(H,3,4). The van der Waals surface area contributed by atoms with E-state index in [0.717, 1.165) is 25.7 Å². The molecule has 0 fully saturated rings. The Hall–Kier alpha value is -2.33. The minimum Gasteiger partial charge on any atom is -0.481 e. The highest BCUT2D eigenvalue weighted by atomic mass is 16.4. The molecule has 0 saturated heterocycles. The third kappa shape index (κ3) is 3.86. The van der Waals surface area contributed by atoms with Gasteiger partial charge in [0.2, 0.25) is 0 Å². The van der Waals surface area contributed by atoms with Crippen LogP contribution in [0.15, 0.2) is 48.5 Å². The summed E-state index contributed by atoms with van der Waals surface area (Å²) in [6.07, 6.45) is 0. The van der Waals surface area contributed by atoms with Crippen molar-refractivity contribution in [3.63, 3.8) is 0 Å². The largest absolute Gasteiger partial charge is 0.481 e. The molecule has 2 aromatic rings. The van der Waals surface area contributed by atoms with Gasteiger partial charge in [-0.1, -0.05) is 42.5 Å². The lowest BCUT2D eigenvalue weighted by atomic mass is 9.84. The van der Waals surface area contributed by atoms with Crippen LogP contribution in [0.5, 0.6) is 0 Å². The van der Waals surface area contributed by atoms with Crippen molar-refractivity contribution in [2.24, 2.45) is 0 Å². The van der Waals surface area contributed by atoms with Crippen LogP contribution in [-0.2, 0) is 11.3 Å². The molecule has 4 heteroatoms. The van der Waals surface area contributed by atoms with Crippen LogP contribution in [0.2, 0.25) is 0 Å². The Morgan fingerprint density at radius 3 is 2.45 bits per heavy atom. The summed E-state index contributed by atoms with van der Waals surface area (Å²) >= 11 is 0. The Morgan fingerprint density at radius 2 is 1.82 bits per heavy atom. The number of nitrogens with zero attached hydrogens (tertiary/aromatic N) is 1. The maximum absolute atomic E-state index is 9.00. The van der Waals surface area contributed by atoms with E-state index in [0.29, 0.717) is 5.92 Å². The van der Waals surface area contributed by atoms with Gasteiger partial charge in [-0.25, -0.2) is 0 Å². The van der Waals surface area contributed by atoms with Gasteiger partial charge in [-0.15, -0.1) is 0 Å². The molecule has 3 N–H and O–H groups in total. The van der Waals surface area contributed by atoms with Crippen LogP contribution < -0.4 is 5.73 Å². The number of benzene rings is 2. The number of aliphatic carboxylic acids is 1. The number of hydrogen-bond acceptors (Lipinski definition) is 3. The number of carboxylic acids is 1. The highest BCUT2D eigenvalue weighted by Gasteiger charge is 2.25. The highest BCUT2D eigenvalue weighted by Crippen LogP contribution is 2.35. The molecule has 0 radical (unpaired) electrons. The summed E-state index contributed by atoms with van der Waals surface area (Å²) in [5.41, 5.74) is 11.1. The average molecular weight is 298 g/mol. The van der Waals surface area contributed by atoms with Gasteiger partial charge in [0.1, 0.15) is 0 Å². The van der Waals surface area contributed by atoms with Crippen molar-refractivity contribution in [1.82, 2.24) is 4.90 Å². The fourth-order valence-corrected chi connectivity index (χ4v) is 2.85. The molecule has 0 aromatic heterocycles. The van der Waals surface area contributed by atoms with Gasteiger partial charge in [0.15, 0.2) is 0 Å². The Balaban J connectivity index is 0.000000396. The number of carboxylic acid groups (broad SMARTS) is 1. The fraction of sp³-hybridized carbons (Fsp3) is 0.278. The summed E-state index contributed by atoms with van der Waals surface area (Å²) in [6, 6.07) is 17.0. The van der Waals surface area contributed by atoms with E-state index in [-0.39, 0.29) is 0 Å². The first-order chi connectivity index (χ1) is 10.5. The number of hydrogen-bond donors (Lipinski definition) is 2. The summed E-state index contributed by atoms with van der Waals surface area (Å²) in [7, 11) is 2.16. The predicted molar refractivity (Wildman–Crippen MR) is 88.8 cm³/mol. The van der Waals surface area contributed by atoms with Gasteiger partial charge in [-0.05, 0) is 29.8 Å². The number of fused-ring (bicyclic) bond motifs is 1. The number of likely N-dealkylation sites (N-methyl/N-ethyl adjacent to an activating group) is 1. The molecule has 1 aliphatic heterocycles. The molecule has 1 unspecified atom stereocenters. The van der Waals surface area contributed by atoms with Gasteiger partial charge in [0.25, 0.3) is 5.97 Å². The van der Waals surface area contributed by atoms with E-state index in [4.69, 9.17) is 15.6 Å². The van der Waals surface area contributed by atoms with E-state index in [1.807, 2.05) is 6.07 Å². The van der Waals surface area contributed by atoms with Crippen LogP contribution in [0.25, 0.3) is 0 Å². The molecule has 0 bridgehead atoms. The molecule has 2 aromatic carbocycles. The molecule has 0 spiro atoms. The zero-order chi connectivity index (χ0) is 16.1. The van der Waals surface area contributed by atoms with Crippen molar-refractivity contribution < 1.29 is 9.90 Å². The summed E-state index contributed by atoms with van der Waals surface area (Å²) in [4.78, 5) is 11.3. The molecule has 3 rings (SSSR count). The van der Waals surface area contributed by atoms with Crippen LogP contribution in [0.3, 0.4) is 0 Å². The molecular formula is C18H22N2O2. The average Bonchev–Trinajstić information content (AvgIpc) is 2.48. The third-order valence-electron chi connectivity index (χ3n) is 3.75. The Bertz CT molecular complexity index is 637. The van der Waals surface area contributed by atoms with Crippen molar-refractivity contribution in [3.8, 4) is 0 Å². The second kappa shape index (κ2) is 7.09. The van der Waals surface area contributed by atoms with Crippen LogP contribution >= 0.6 is 0 Å². The molecule has 0 saturated carbocycles. The van der Waals surface area contributed by atoms with Gasteiger partial charge in [0, 0.05) is 31.6 Å². The summed E-state index contributed by atoms with van der Waals surface area (Å²) < 4.78 is 0. The minimum atomic E-state index is -0.833. The third-order valence-corrected chi connectivity index (χ3v) is 3.75. The van der Waals surface area contributed by atoms with Crippen molar-refractivity contribution >= 4 is 11.7 Å². The van der Waals surface area contributed by atoms with E-state index in [1.54, 1.807) is 0 Å².